The third-order valence-electron chi connectivity index (χ3n) is 7.34. The Morgan fingerprint density at radius 2 is 1.49 bits per heavy atom. The third-order valence-corrected chi connectivity index (χ3v) is 8.17. The van der Waals surface area contributed by atoms with Gasteiger partial charge < -0.3 is 19.5 Å². The lowest BCUT2D eigenvalue weighted by molar-refractivity contribution is -0.139. The lowest BCUT2D eigenvalue weighted by Gasteiger charge is -2.30. The van der Waals surface area contributed by atoms with Gasteiger partial charge in [0.1, 0.15) is 0 Å². The van der Waals surface area contributed by atoms with E-state index in [-0.39, 0.29) is 17.2 Å². The fourth-order valence-corrected chi connectivity index (χ4v) is 5.59. The van der Waals surface area contributed by atoms with Crippen LogP contribution < -0.4 is 10.1 Å². The molecule has 1 atom stereocenters. The zero-order valence-corrected chi connectivity index (χ0v) is 26.2. The van der Waals surface area contributed by atoms with E-state index in [9.17, 15) is 9.59 Å². The van der Waals surface area contributed by atoms with Crippen molar-refractivity contribution in [2.45, 2.75) is 58.3 Å². The molecule has 43 heavy (non-hydrogen) atoms. The van der Waals surface area contributed by atoms with Crippen molar-refractivity contribution in [2.24, 2.45) is 0 Å². The minimum Gasteiger partial charge on any atom is -0.477 e. The molecule has 2 N–H and O–H groups in total. The summed E-state index contributed by atoms with van der Waals surface area (Å²) in [6.45, 7) is 4.42. The summed E-state index contributed by atoms with van der Waals surface area (Å²) in [4.78, 5) is 26.2. The summed E-state index contributed by atoms with van der Waals surface area (Å²) in [6.07, 6.45) is 5.72. The molecule has 0 radical (unpaired) electrons. The number of aromatic amines is 1. The maximum atomic E-state index is 13.4. The predicted octanol–water partition coefficient (Wildman–Crippen LogP) is 7.75. The average molecular weight is 627 g/mol. The van der Waals surface area contributed by atoms with Crippen LogP contribution in [-0.4, -0.2) is 42.5 Å². The summed E-state index contributed by atoms with van der Waals surface area (Å²) >= 11 is 12.8. The first-order chi connectivity index (χ1) is 20.8. The Hall–Kier alpha value is -3.75. The van der Waals surface area contributed by atoms with Crippen LogP contribution in [0.2, 0.25) is 10.0 Å². The maximum Gasteiger partial charge on any atom is 0.336 e. The average Bonchev–Trinajstić information content (AvgIpc) is 3.48. The number of H-pyrrole nitrogens is 1. The number of dihydropyridines is 1. The van der Waals surface area contributed by atoms with Gasteiger partial charge in [0.2, 0.25) is 5.88 Å². The number of benzene rings is 2. The Kier molecular flexibility index (Phi) is 11.7. The van der Waals surface area contributed by atoms with Crippen molar-refractivity contribution < 1.29 is 23.8 Å². The summed E-state index contributed by atoms with van der Waals surface area (Å²) in [5.74, 6) is -1.24. The van der Waals surface area contributed by atoms with E-state index in [0.717, 1.165) is 49.8 Å². The van der Waals surface area contributed by atoms with E-state index in [1.54, 1.807) is 32.0 Å². The first kappa shape index (κ1) is 32.2. The number of unbranched alkanes of at least 4 members (excludes halogenated alkanes) is 5. The van der Waals surface area contributed by atoms with Gasteiger partial charge in [0.15, 0.2) is 0 Å². The van der Waals surface area contributed by atoms with Crippen LogP contribution in [-0.2, 0) is 19.1 Å². The van der Waals surface area contributed by atoms with Gasteiger partial charge in [-0.25, -0.2) is 9.59 Å². The molecular weight excluding hydrogens is 589 g/mol. The number of aromatic nitrogens is 2. The van der Waals surface area contributed by atoms with Crippen LogP contribution in [0.5, 0.6) is 5.88 Å². The van der Waals surface area contributed by atoms with Crippen LogP contribution in [0, 0.1) is 0 Å². The number of ether oxygens (including phenoxy) is 3. The maximum absolute atomic E-state index is 13.4. The Morgan fingerprint density at radius 1 is 0.837 bits per heavy atom. The molecule has 10 heteroatoms. The second-order valence-electron chi connectivity index (χ2n) is 10.4. The smallest absolute Gasteiger partial charge is 0.336 e. The Labute approximate surface area is 262 Å². The third kappa shape index (κ3) is 8.21. The zero-order chi connectivity index (χ0) is 30.8. The van der Waals surface area contributed by atoms with Crippen molar-refractivity contribution in [3.8, 4) is 17.1 Å². The summed E-state index contributed by atoms with van der Waals surface area (Å²) in [6, 6.07) is 17.1. The van der Waals surface area contributed by atoms with Gasteiger partial charge in [0.05, 0.1) is 53.1 Å². The van der Waals surface area contributed by atoms with Crippen molar-refractivity contribution in [1.29, 1.82) is 0 Å². The molecule has 0 spiro atoms. The molecule has 1 aliphatic heterocycles. The number of rotatable bonds is 14. The predicted molar refractivity (Wildman–Crippen MR) is 168 cm³/mol. The van der Waals surface area contributed by atoms with Crippen molar-refractivity contribution in [3.63, 3.8) is 0 Å². The van der Waals surface area contributed by atoms with Gasteiger partial charge in [-0.05, 0) is 43.9 Å². The molecule has 0 saturated carbocycles. The van der Waals surface area contributed by atoms with Gasteiger partial charge in [-0.1, -0.05) is 91.3 Å². The van der Waals surface area contributed by atoms with E-state index in [1.807, 2.05) is 36.4 Å². The van der Waals surface area contributed by atoms with E-state index in [1.165, 1.54) is 7.11 Å². The number of hydrogen-bond donors (Lipinski definition) is 2. The van der Waals surface area contributed by atoms with Crippen LogP contribution in [0.15, 0.2) is 77.1 Å². The number of carbonyl (C=O) groups excluding carboxylic acids is 2. The minimum atomic E-state index is -0.777. The highest BCUT2D eigenvalue weighted by Gasteiger charge is 2.39. The molecule has 0 amide bonds. The largest absolute Gasteiger partial charge is 0.477 e. The van der Waals surface area contributed by atoms with Crippen LogP contribution in [0.25, 0.3) is 11.3 Å². The lowest BCUT2D eigenvalue weighted by atomic mass is 9.80. The molecule has 1 aromatic heterocycles. The van der Waals surface area contributed by atoms with E-state index >= 15 is 0 Å². The molecule has 1 unspecified atom stereocenters. The molecule has 1 aliphatic rings. The first-order valence-electron chi connectivity index (χ1n) is 14.4. The Balaban J connectivity index is 1.21. The molecule has 0 bridgehead atoms. The molecule has 0 aliphatic carbocycles. The zero-order valence-electron chi connectivity index (χ0n) is 24.7. The standard InChI is InChI=1S/C33H37Cl2N3O5/c1-21-28(32(39)41-3)30(24-16-13-17-25(34)31(24)35)29(22(2)36-21)33(40)43-19-12-7-5-4-6-11-18-42-27-20-26(37-38-27)23-14-9-8-10-15-23/h8-10,13-17,20,30,36H,4-7,11-12,18-19H2,1-3H3,(H,37,38). The van der Waals surface area contributed by atoms with Crippen molar-refractivity contribution in [2.75, 3.05) is 20.3 Å². The van der Waals surface area contributed by atoms with E-state index in [4.69, 9.17) is 37.4 Å². The fourth-order valence-electron chi connectivity index (χ4n) is 5.17. The highest BCUT2D eigenvalue weighted by Crippen LogP contribution is 2.43. The normalized spacial score (nSPS) is 14.9. The molecule has 0 fully saturated rings. The monoisotopic (exact) mass is 625 g/mol. The van der Waals surface area contributed by atoms with Gasteiger partial charge >= 0.3 is 11.9 Å². The number of nitrogens with zero attached hydrogens (tertiary/aromatic N) is 1. The number of hydrogen-bond acceptors (Lipinski definition) is 7. The number of carbonyl (C=O) groups is 2. The molecule has 3 aromatic rings. The van der Waals surface area contributed by atoms with Crippen molar-refractivity contribution >= 4 is 35.1 Å². The lowest BCUT2D eigenvalue weighted by Crippen LogP contribution is -2.32. The van der Waals surface area contributed by atoms with E-state index in [0.29, 0.717) is 40.0 Å². The highest BCUT2D eigenvalue weighted by molar-refractivity contribution is 6.42. The van der Waals surface area contributed by atoms with E-state index < -0.39 is 17.9 Å². The molecule has 2 heterocycles. The van der Waals surface area contributed by atoms with Gasteiger partial charge in [0.25, 0.3) is 0 Å². The first-order valence-corrected chi connectivity index (χ1v) is 15.2. The van der Waals surface area contributed by atoms with Crippen LogP contribution >= 0.6 is 23.2 Å². The molecule has 4 rings (SSSR count). The van der Waals surface area contributed by atoms with E-state index in [2.05, 4.69) is 15.5 Å². The second kappa shape index (κ2) is 15.6. The second-order valence-corrected chi connectivity index (χ2v) is 11.1. The Morgan fingerprint density at radius 3 is 2.19 bits per heavy atom. The van der Waals surface area contributed by atoms with Crippen molar-refractivity contribution in [3.05, 3.63) is 92.7 Å². The topological polar surface area (TPSA) is 103 Å². The summed E-state index contributed by atoms with van der Waals surface area (Å²) in [5.41, 5.74) is 4.30. The molecule has 0 saturated heterocycles. The summed E-state index contributed by atoms with van der Waals surface area (Å²) in [5, 5.41) is 11.0. The molecule has 2 aromatic carbocycles. The summed E-state index contributed by atoms with van der Waals surface area (Å²) < 4.78 is 16.5. The molecule has 8 nitrogen and oxygen atoms in total. The molecular formula is C33H37Cl2N3O5. The number of methoxy groups -OCH3 is 1. The highest BCUT2D eigenvalue weighted by atomic mass is 35.5. The number of allylic oxidation sites excluding steroid dienone is 2. The number of nitrogens with one attached hydrogen (secondary N) is 2. The van der Waals surface area contributed by atoms with Gasteiger partial charge in [-0.2, -0.15) is 0 Å². The van der Waals surface area contributed by atoms with Crippen molar-refractivity contribution in [1.82, 2.24) is 15.5 Å². The Bertz CT molecular complexity index is 1480. The van der Waals surface area contributed by atoms with Gasteiger partial charge in [-0.15, -0.1) is 5.10 Å². The quantitative estimate of drug-likeness (QED) is 0.139. The fraction of sp³-hybridized carbons (Fsp3) is 0.364. The number of halogens is 2. The van der Waals surface area contributed by atoms with Gasteiger partial charge in [-0.3, -0.25) is 5.10 Å². The molecule has 228 valence electrons. The van der Waals surface area contributed by atoms with Gasteiger partial charge in [0, 0.05) is 17.5 Å². The SMILES string of the molecule is COC(=O)C1=C(C)NC(C)=C(C(=O)OCCCCCCCCOc2cc(-c3ccccc3)[nH]n2)C1c1cccc(Cl)c1Cl. The van der Waals surface area contributed by atoms with Crippen LogP contribution in [0.1, 0.15) is 63.9 Å². The minimum absolute atomic E-state index is 0.272. The number of esters is 2. The van der Waals surface area contributed by atoms with Crippen LogP contribution in [0.3, 0.4) is 0 Å². The summed E-state index contributed by atoms with van der Waals surface area (Å²) in [7, 11) is 1.30. The van der Waals surface area contributed by atoms with Crippen LogP contribution in [0.4, 0.5) is 0 Å².